The Labute approximate surface area is 137 Å². The lowest BCUT2D eigenvalue weighted by Gasteiger charge is -2.37. The molecule has 0 saturated carbocycles. The first-order chi connectivity index (χ1) is 10.1. The molecule has 0 spiro atoms. The fourth-order valence-electron chi connectivity index (χ4n) is 2.96. The first kappa shape index (κ1) is 16.8. The van der Waals surface area contributed by atoms with E-state index in [0.717, 1.165) is 19.6 Å². The number of likely N-dealkylation sites (tertiary alicyclic amines) is 1. The predicted octanol–water partition coefficient (Wildman–Crippen LogP) is 3.48. The van der Waals surface area contributed by atoms with Crippen LogP contribution in [0.1, 0.15) is 31.7 Å². The molecule has 1 fully saturated rings. The molecule has 1 unspecified atom stereocenters. The highest BCUT2D eigenvalue weighted by Crippen LogP contribution is 2.26. The molecule has 1 heterocycles. The Bertz CT molecular complexity index is 450. The summed E-state index contributed by atoms with van der Waals surface area (Å²) in [4.78, 5) is 4.87. The van der Waals surface area contributed by atoms with Gasteiger partial charge in [0.1, 0.15) is 0 Å². The lowest BCUT2D eigenvalue weighted by molar-refractivity contribution is 0.248. The maximum Gasteiger partial charge on any atom is 0.0414 e. The molecule has 0 aromatic heterocycles. The summed E-state index contributed by atoms with van der Waals surface area (Å²) in [7, 11) is 4.44. The zero-order valence-corrected chi connectivity index (χ0v) is 15.1. The normalized spacial score (nSPS) is 19.7. The molecule has 1 aromatic rings. The lowest BCUT2D eigenvalue weighted by Crippen LogP contribution is -2.45. The van der Waals surface area contributed by atoms with Crippen LogP contribution < -0.4 is 10.2 Å². The molecule has 0 radical (unpaired) electrons. The third kappa shape index (κ3) is 4.70. The number of benzene rings is 1. The van der Waals surface area contributed by atoms with Gasteiger partial charge in [-0.25, -0.2) is 0 Å². The van der Waals surface area contributed by atoms with Crippen molar-refractivity contribution in [3.05, 3.63) is 28.2 Å². The van der Waals surface area contributed by atoms with E-state index in [4.69, 9.17) is 0 Å². The number of anilines is 1. The Morgan fingerprint density at radius 1 is 1.43 bits per heavy atom. The standard InChI is InChI=1S/C17H28BrN3/c1-4-9-19-12-14-7-8-15(11-17(14)18)21(3)16-6-5-10-20(2)13-16/h7-8,11,16,19H,4-6,9-10,12-13H2,1-3H3. The van der Waals surface area contributed by atoms with E-state index in [1.165, 1.54) is 41.5 Å². The summed E-state index contributed by atoms with van der Waals surface area (Å²) in [6, 6.07) is 7.38. The fraction of sp³-hybridized carbons (Fsp3) is 0.647. The number of likely N-dealkylation sites (N-methyl/N-ethyl adjacent to an activating group) is 2. The van der Waals surface area contributed by atoms with Crippen LogP contribution in [0.4, 0.5) is 5.69 Å². The highest BCUT2D eigenvalue weighted by atomic mass is 79.9. The van der Waals surface area contributed by atoms with E-state index in [1.807, 2.05) is 0 Å². The van der Waals surface area contributed by atoms with Crippen molar-refractivity contribution in [2.45, 2.75) is 38.8 Å². The summed E-state index contributed by atoms with van der Waals surface area (Å²) in [5, 5.41) is 3.46. The second kappa shape index (κ2) is 8.16. The molecule has 1 aliphatic heterocycles. The van der Waals surface area contributed by atoms with E-state index < -0.39 is 0 Å². The minimum Gasteiger partial charge on any atom is -0.370 e. The highest BCUT2D eigenvalue weighted by molar-refractivity contribution is 9.10. The van der Waals surface area contributed by atoms with E-state index in [0.29, 0.717) is 6.04 Å². The second-order valence-corrected chi connectivity index (χ2v) is 6.98. The van der Waals surface area contributed by atoms with Crippen molar-refractivity contribution >= 4 is 21.6 Å². The van der Waals surface area contributed by atoms with Crippen molar-refractivity contribution in [3.8, 4) is 0 Å². The van der Waals surface area contributed by atoms with Crippen molar-refractivity contribution in [1.82, 2.24) is 10.2 Å². The molecule has 2 rings (SSSR count). The Balaban J connectivity index is 2.01. The van der Waals surface area contributed by atoms with Crippen molar-refractivity contribution in [3.63, 3.8) is 0 Å². The molecule has 1 aliphatic rings. The first-order valence-corrected chi connectivity index (χ1v) is 8.81. The van der Waals surface area contributed by atoms with Crippen molar-refractivity contribution < 1.29 is 0 Å². The number of nitrogens with zero attached hydrogens (tertiary/aromatic N) is 2. The summed E-state index contributed by atoms with van der Waals surface area (Å²) in [5.41, 5.74) is 2.64. The van der Waals surface area contributed by atoms with Gasteiger partial charge in [0.25, 0.3) is 0 Å². The molecule has 3 nitrogen and oxygen atoms in total. The van der Waals surface area contributed by atoms with Crippen LogP contribution in [0.25, 0.3) is 0 Å². The van der Waals surface area contributed by atoms with Crippen LogP contribution in [0.2, 0.25) is 0 Å². The fourth-order valence-corrected chi connectivity index (χ4v) is 3.47. The molecule has 1 saturated heterocycles. The average molecular weight is 354 g/mol. The Hall–Kier alpha value is -0.580. The largest absolute Gasteiger partial charge is 0.370 e. The van der Waals surface area contributed by atoms with Crippen LogP contribution in [-0.2, 0) is 6.54 Å². The molecule has 1 N–H and O–H groups in total. The number of rotatable bonds is 6. The summed E-state index contributed by atoms with van der Waals surface area (Å²) in [5.74, 6) is 0. The third-order valence-corrected chi connectivity index (χ3v) is 5.07. The highest BCUT2D eigenvalue weighted by Gasteiger charge is 2.21. The number of hydrogen-bond acceptors (Lipinski definition) is 3. The Morgan fingerprint density at radius 2 is 2.24 bits per heavy atom. The van der Waals surface area contributed by atoms with Crippen molar-refractivity contribution in [1.29, 1.82) is 0 Å². The van der Waals surface area contributed by atoms with E-state index in [2.05, 4.69) is 70.3 Å². The minimum atomic E-state index is 0.625. The van der Waals surface area contributed by atoms with Crippen molar-refractivity contribution in [2.75, 3.05) is 38.6 Å². The molecule has 21 heavy (non-hydrogen) atoms. The zero-order chi connectivity index (χ0) is 15.2. The van der Waals surface area contributed by atoms with Crippen LogP contribution in [0.3, 0.4) is 0 Å². The molecular weight excluding hydrogens is 326 g/mol. The number of piperidine rings is 1. The van der Waals surface area contributed by atoms with Crippen LogP contribution in [-0.4, -0.2) is 44.7 Å². The van der Waals surface area contributed by atoms with Gasteiger partial charge >= 0.3 is 0 Å². The number of nitrogens with one attached hydrogen (secondary N) is 1. The van der Waals surface area contributed by atoms with Crippen LogP contribution >= 0.6 is 15.9 Å². The molecule has 1 aromatic carbocycles. The van der Waals surface area contributed by atoms with E-state index in [9.17, 15) is 0 Å². The van der Waals surface area contributed by atoms with Gasteiger partial charge in [0.05, 0.1) is 0 Å². The van der Waals surface area contributed by atoms with E-state index in [1.54, 1.807) is 0 Å². The first-order valence-electron chi connectivity index (χ1n) is 8.02. The Morgan fingerprint density at radius 3 is 2.90 bits per heavy atom. The summed E-state index contributed by atoms with van der Waals surface area (Å²) in [6.07, 6.45) is 3.76. The van der Waals surface area contributed by atoms with Crippen LogP contribution in [0.15, 0.2) is 22.7 Å². The second-order valence-electron chi connectivity index (χ2n) is 6.12. The van der Waals surface area contributed by atoms with Crippen molar-refractivity contribution in [2.24, 2.45) is 0 Å². The van der Waals surface area contributed by atoms with Gasteiger partial charge < -0.3 is 15.1 Å². The van der Waals surface area contributed by atoms with Gasteiger partial charge in [0.15, 0.2) is 0 Å². The van der Waals surface area contributed by atoms with E-state index >= 15 is 0 Å². The SMILES string of the molecule is CCCNCc1ccc(N(C)C2CCCN(C)C2)cc1Br. The zero-order valence-electron chi connectivity index (χ0n) is 13.5. The third-order valence-electron chi connectivity index (χ3n) is 4.33. The molecular formula is C17H28BrN3. The molecule has 0 bridgehead atoms. The topological polar surface area (TPSA) is 18.5 Å². The van der Waals surface area contributed by atoms with Crippen LogP contribution in [0, 0.1) is 0 Å². The van der Waals surface area contributed by atoms with Gasteiger partial charge in [-0.3, -0.25) is 0 Å². The smallest absolute Gasteiger partial charge is 0.0414 e. The lowest BCUT2D eigenvalue weighted by atomic mass is 10.0. The maximum absolute atomic E-state index is 3.73. The molecule has 1 atom stereocenters. The van der Waals surface area contributed by atoms with Gasteiger partial charge in [0, 0.05) is 36.3 Å². The summed E-state index contributed by atoms with van der Waals surface area (Å²) >= 11 is 3.73. The van der Waals surface area contributed by atoms with Gasteiger partial charge in [-0.05, 0) is 57.1 Å². The number of hydrogen-bond donors (Lipinski definition) is 1. The number of halogens is 1. The summed E-state index contributed by atoms with van der Waals surface area (Å²) < 4.78 is 1.21. The molecule has 4 heteroatoms. The molecule has 0 amide bonds. The van der Waals surface area contributed by atoms with E-state index in [-0.39, 0.29) is 0 Å². The van der Waals surface area contributed by atoms with Gasteiger partial charge in [-0.15, -0.1) is 0 Å². The van der Waals surface area contributed by atoms with Gasteiger partial charge in [0.2, 0.25) is 0 Å². The Kier molecular flexibility index (Phi) is 6.52. The quantitative estimate of drug-likeness (QED) is 0.789. The average Bonchev–Trinajstić information content (AvgIpc) is 2.48. The minimum absolute atomic E-state index is 0.625. The van der Waals surface area contributed by atoms with Crippen LogP contribution in [0.5, 0.6) is 0 Å². The maximum atomic E-state index is 3.73. The summed E-state index contributed by atoms with van der Waals surface area (Å²) in [6.45, 7) is 6.60. The van der Waals surface area contributed by atoms with Gasteiger partial charge in [-0.1, -0.05) is 28.9 Å². The monoisotopic (exact) mass is 353 g/mol. The molecule has 0 aliphatic carbocycles. The van der Waals surface area contributed by atoms with Gasteiger partial charge in [-0.2, -0.15) is 0 Å². The predicted molar refractivity (Wildman–Crippen MR) is 95.1 cm³/mol. The molecule has 118 valence electrons.